The summed E-state index contributed by atoms with van der Waals surface area (Å²) in [5.74, 6) is -0.711. The number of hydrogen-bond donors (Lipinski definition) is 1. The van der Waals surface area contributed by atoms with Crippen molar-refractivity contribution in [2.24, 2.45) is 0 Å². The quantitative estimate of drug-likeness (QED) is 0.862. The molecule has 1 atom stereocenters. The van der Waals surface area contributed by atoms with Crippen LogP contribution in [0.4, 0.5) is 0 Å². The normalized spacial score (nSPS) is 18.6. The summed E-state index contributed by atoms with van der Waals surface area (Å²) < 4.78 is 0. The SMILES string of the molecule is O=C(CCN1CCC[C@H]1C(=O)O)c1ccc2ccccc2c1. The van der Waals surface area contributed by atoms with Crippen LogP contribution < -0.4 is 0 Å². The highest BCUT2D eigenvalue weighted by Crippen LogP contribution is 2.20. The van der Waals surface area contributed by atoms with Crippen molar-refractivity contribution >= 4 is 22.5 Å². The highest BCUT2D eigenvalue weighted by molar-refractivity contribution is 6.00. The Bertz CT molecular complexity index is 710. The van der Waals surface area contributed by atoms with Gasteiger partial charge in [-0.2, -0.15) is 0 Å². The van der Waals surface area contributed by atoms with Gasteiger partial charge in [0.1, 0.15) is 6.04 Å². The molecule has 0 aliphatic carbocycles. The van der Waals surface area contributed by atoms with Crippen LogP contribution in [0.3, 0.4) is 0 Å². The molecule has 22 heavy (non-hydrogen) atoms. The maximum Gasteiger partial charge on any atom is 0.320 e. The van der Waals surface area contributed by atoms with Gasteiger partial charge in [-0.15, -0.1) is 0 Å². The van der Waals surface area contributed by atoms with E-state index < -0.39 is 12.0 Å². The van der Waals surface area contributed by atoms with Gasteiger partial charge in [0.15, 0.2) is 5.78 Å². The number of fused-ring (bicyclic) bond motifs is 1. The number of benzene rings is 2. The zero-order valence-corrected chi connectivity index (χ0v) is 12.4. The second-order valence-corrected chi connectivity index (χ2v) is 5.77. The van der Waals surface area contributed by atoms with E-state index in [2.05, 4.69) is 0 Å². The average Bonchev–Trinajstić information content (AvgIpc) is 3.01. The number of nitrogens with zero attached hydrogens (tertiary/aromatic N) is 1. The lowest BCUT2D eigenvalue weighted by Gasteiger charge is -2.20. The summed E-state index contributed by atoms with van der Waals surface area (Å²) in [6, 6.07) is 13.2. The van der Waals surface area contributed by atoms with Crippen LogP contribution in [0, 0.1) is 0 Å². The number of likely N-dealkylation sites (tertiary alicyclic amines) is 1. The van der Waals surface area contributed by atoms with Gasteiger partial charge in [-0.25, -0.2) is 0 Å². The fourth-order valence-corrected chi connectivity index (χ4v) is 3.13. The number of carboxylic acid groups (broad SMARTS) is 1. The molecule has 2 aromatic carbocycles. The number of aliphatic carboxylic acids is 1. The van der Waals surface area contributed by atoms with Crippen molar-refractivity contribution in [3.8, 4) is 0 Å². The van der Waals surface area contributed by atoms with Crippen molar-refractivity contribution in [3.05, 3.63) is 48.0 Å². The van der Waals surface area contributed by atoms with E-state index >= 15 is 0 Å². The molecule has 2 aromatic rings. The number of ketones is 1. The lowest BCUT2D eigenvalue weighted by Crippen LogP contribution is -2.37. The molecule has 1 aliphatic rings. The second-order valence-electron chi connectivity index (χ2n) is 5.77. The van der Waals surface area contributed by atoms with Crippen LogP contribution in [-0.4, -0.2) is 40.9 Å². The summed E-state index contributed by atoms with van der Waals surface area (Å²) in [7, 11) is 0. The highest BCUT2D eigenvalue weighted by atomic mass is 16.4. The average molecular weight is 297 g/mol. The van der Waals surface area contributed by atoms with Crippen LogP contribution in [0.15, 0.2) is 42.5 Å². The minimum absolute atomic E-state index is 0.0711. The predicted octanol–water partition coefficient (Wildman–Crippen LogP) is 2.96. The lowest BCUT2D eigenvalue weighted by atomic mass is 10.0. The minimum Gasteiger partial charge on any atom is -0.480 e. The predicted molar refractivity (Wildman–Crippen MR) is 85.1 cm³/mol. The monoisotopic (exact) mass is 297 g/mol. The number of carbonyl (C=O) groups is 2. The molecule has 0 radical (unpaired) electrons. The van der Waals surface area contributed by atoms with Crippen molar-refractivity contribution in [1.29, 1.82) is 0 Å². The van der Waals surface area contributed by atoms with E-state index in [1.807, 2.05) is 47.4 Å². The van der Waals surface area contributed by atoms with Crippen LogP contribution in [0.1, 0.15) is 29.6 Å². The van der Waals surface area contributed by atoms with Crippen molar-refractivity contribution in [2.75, 3.05) is 13.1 Å². The van der Waals surface area contributed by atoms with E-state index in [9.17, 15) is 9.59 Å². The third kappa shape index (κ3) is 3.02. The first-order valence-corrected chi connectivity index (χ1v) is 7.64. The van der Waals surface area contributed by atoms with E-state index in [0.717, 1.165) is 23.7 Å². The second kappa shape index (κ2) is 6.28. The van der Waals surface area contributed by atoms with Gasteiger partial charge in [0.2, 0.25) is 0 Å². The molecule has 0 unspecified atom stereocenters. The Morgan fingerprint density at radius 3 is 2.68 bits per heavy atom. The van der Waals surface area contributed by atoms with Gasteiger partial charge in [0.05, 0.1) is 0 Å². The first-order valence-electron chi connectivity index (χ1n) is 7.64. The number of rotatable bonds is 5. The maximum atomic E-state index is 12.3. The van der Waals surface area contributed by atoms with Crippen LogP contribution in [0.2, 0.25) is 0 Å². The molecule has 4 heteroatoms. The fourth-order valence-electron chi connectivity index (χ4n) is 3.13. The Hall–Kier alpha value is -2.20. The van der Waals surface area contributed by atoms with Crippen LogP contribution in [0.5, 0.6) is 0 Å². The molecule has 1 N–H and O–H groups in total. The molecule has 114 valence electrons. The molecule has 0 spiro atoms. The van der Waals surface area contributed by atoms with Gasteiger partial charge in [-0.3, -0.25) is 14.5 Å². The fraction of sp³-hybridized carbons (Fsp3) is 0.333. The molecule has 1 aliphatic heterocycles. The smallest absolute Gasteiger partial charge is 0.320 e. The zero-order valence-electron chi connectivity index (χ0n) is 12.4. The Labute approximate surface area is 129 Å². The molecule has 4 nitrogen and oxygen atoms in total. The minimum atomic E-state index is -0.782. The largest absolute Gasteiger partial charge is 0.480 e. The lowest BCUT2D eigenvalue weighted by molar-refractivity contribution is -0.142. The van der Waals surface area contributed by atoms with E-state index in [1.54, 1.807) is 0 Å². The Kier molecular flexibility index (Phi) is 4.20. The van der Waals surface area contributed by atoms with E-state index in [0.29, 0.717) is 24.9 Å². The topological polar surface area (TPSA) is 57.6 Å². The summed E-state index contributed by atoms with van der Waals surface area (Å²) in [5.41, 5.74) is 0.699. The summed E-state index contributed by atoms with van der Waals surface area (Å²) in [4.78, 5) is 25.4. The summed E-state index contributed by atoms with van der Waals surface area (Å²) in [5, 5.41) is 11.3. The molecule has 0 bridgehead atoms. The Morgan fingerprint density at radius 2 is 1.91 bits per heavy atom. The molecule has 1 saturated heterocycles. The standard InChI is InChI=1S/C18H19NO3/c20-17(9-11-19-10-3-6-16(19)18(21)22)15-8-7-13-4-1-2-5-14(13)12-15/h1-2,4-5,7-8,12,16H,3,6,9-11H2,(H,21,22)/t16-/m0/s1. The van der Waals surface area contributed by atoms with Crippen LogP contribution >= 0.6 is 0 Å². The van der Waals surface area contributed by atoms with E-state index in [1.165, 1.54) is 0 Å². The van der Waals surface area contributed by atoms with E-state index in [-0.39, 0.29) is 5.78 Å². The summed E-state index contributed by atoms with van der Waals surface area (Å²) >= 11 is 0. The van der Waals surface area contributed by atoms with Gasteiger partial charge in [0.25, 0.3) is 0 Å². The number of carboxylic acids is 1. The molecule has 1 fully saturated rings. The molecule has 0 amide bonds. The third-order valence-electron chi connectivity index (χ3n) is 4.35. The summed E-state index contributed by atoms with van der Waals surface area (Å²) in [6.07, 6.45) is 1.93. The third-order valence-corrected chi connectivity index (χ3v) is 4.35. The van der Waals surface area contributed by atoms with Crippen molar-refractivity contribution in [1.82, 2.24) is 4.90 Å². The Balaban J connectivity index is 1.67. The van der Waals surface area contributed by atoms with E-state index in [4.69, 9.17) is 5.11 Å². The van der Waals surface area contributed by atoms with Gasteiger partial charge in [-0.1, -0.05) is 36.4 Å². The zero-order chi connectivity index (χ0) is 15.5. The molecular formula is C18H19NO3. The maximum absolute atomic E-state index is 12.3. The van der Waals surface area contributed by atoms with Crippen LogP contribution in [0.25, 0.3) is 10.8 Å². The van der Waals surface area contributed by atoms with Crippen molar-refractivity contribution < 1.29 is 14.7 Å². The Morgan fingerprint density at radius 1 is 1.14 bits per heavy atom. The number of hydrogen-bond acceptors (Lipinski definition) is 3. The van der Waals surface area contributed by atoms with Gasteiger partial charge < -0.3 is 5.11 Å². The molecule has 0 aromatic heterocycles. The summed E-state index contributed by atoms with van der Waals surface area (Å²) in [6.45, 7) is 1.28. The number of carbonyl (C=O) groups excluding carboxylic acids is 1. The first-order chi connectivity index (χ1) is 10.6. The van der Waals surface area contributed by atoms with Gasteiger partial charge in [0, 0.05) is 18.5 Å². The number of Topliss-reactive ketones (excluding diaryl/α,β-unsaturated/α-hetero) is 1. The molecule has 1 heterocycles. The van der Waals surface area contributed by atoms with Crippen molar-refractivity contribution in [2.45, 2.75) is 25.3 Å². The van der Waals surface area contributed by atoms with Gasteiger partial charge >= 0.3 is 5.97 Å². The highest BCUT2D eigenvalue weighted by Gasteiger charge is 2.30. The van der Waals surface area contributed by atoms with Crippen molar-refractivity contribution in [3.63, 3.8) is 0 Å². The molecule has 3 rings (SSSR count). The van der Waals surface area contributed by atoms with Crippen LogP contribution in [-0.2, 0) is 4.79 Å². The van der Waals surface area contributed by atoms with Gasteiger partial charge in [-0.05, 0) is 36.2 Å². The first kappa shape index (κ1) is 14.7. The molecular weight excluding hydrogens is 278 g/mol. The molecule has 0 saturated carbocycles.